The Morgan fingerprint density at radius 1 is 1.11 bits per heavy atom. The van der Waals surface area contributed by atoms with Gasteiger partial charge >= 0.3 is 0 Å². The fourth-order valence-corrected chi connectivity index (χ4v) is 6.23. The van der Waals surface area contributed by atoms with E-state index < -0.39 is 0 Å². The monoisotopic (exact) mass is 447 g/mol. The zero-order valence-electron chi connectivity index (χ0n) is 16.0. The summed E-state index contributed by atoms with van der Waals surface area (Å²) in [6.45, 7) is 5.32. The average molecular weight is 448 g/mol. The molecule has 1 aliphatic rings. The van der Waals surface area contributed by atoms with Crippen LogP contribution in [0.3, 0.4) is 0 Å². The van der Waals surface area contributed by atoms with Gasteiger partial charge in [0.25, 0.3) is 5.01 Å². The molecule has 3 aromatic rings. The van der Waals surface area contributed by atoms with E-state index in [4.69, 9.17) is 23.2 Å². The summed E-state index contributed by atoms with van der Waals surface area (Å²) >= 11 is 15.9. The second kappa shape index (κ2) is 8.11. The quantitative estimate of drug-likeness (QED) is 0.387. The smallest absolute Gasteiger partial charge is 0.262 e. The molecule has 0 fully saturated rings. The van der Waals surface area contributed by atoms with Crippen molar-refractivity contribution >= 4 is 68.3 Å². The van der Waals surface area contributed by atoms with Crippen molar-refractivity contribution in [1.82, 2.24) is 0 Å². The lowest BCUT2D eigenvalue weighted by molar-refractivity contribution is -0.642. The third kappa shape index (κ3) is 3.71. The van der Waals surface area contributed by atoms with Gasteiger partial charge in [0, 0.05) is 33.6 Å². The van der Waals surface area contributed by atoms with Crippen LogP contribution in [0.25, 0.3) is 16.3 Å². The summed E-state index contributed by atoms with van der Waals surface area (Å²) in [7, 11) is 2.11. The lowest BCUT2D eigenvalue weighted by Gasteiger charge is -2.18. The van der Waals surface area contributed by atoms with Gasteiger partial charge in [-0.3, -0.25) is 0 Å². The standard InChI is InChI=1S/C22H21Cl2N2S2/c1-4-14(10-21-25(3)17-8-6-15(23)12-19(17)27-21)11-22-26(5-2)18-9-7-16(24)13-20(18)28-22/h6-13H,4-5H2,1-3H3/q+1. The molecular formula is C22H21Cl2N2S2+. The van der Waals surface area contributed by atoms with Gasteiger partial charge in [-0.1, -0.05) is 53.2 Å². The number of hydrogen-bond acceptors (Lipinski definition) is 3. The molecule has 6 heteroatoms. The fourth-order valence-electron chi connectivity index (χ4n) is 3.35. The first kappa shape index (κ1) is 19.8. The van der Waals surface area contributed by atoms with E-state index in [1.54, 1.807) is 23.1 Å². The molecule has 0 N–H and O–H groups in total. The van der Waals surface area contributed by atoms with Crippen molar-refractivity contribution in [3.8, 4) is 0 Å². The predicted molar refractivity (Wildman–Crippen MR) is 125 cm³/mol. The Kier molecular flexibility index (Phi) is 5.75. The minimum atomic E-state index is 0.778. The fraction of sp³-hybridized carbons (Fsp3) is 0.227. The topological polar surface area (TPSA) is 7.12 Å². The second-order valence-electron chi connectivity index (χ2n) is 6.63. The molecule has 0 amide bonds. The first-order valence-corrected chi connectivity index (χ1v) is 11.6. The van der Waals surface area contributed by atoms with Crippen LogP contribution >= 0.6 is 46.3 Å². The van der Waals surface area contributed by atoms with Gasteiger partial charge in [-0.25, -0.2) is 0 Å². The van der Waals surface area contributed by atoms with Crippen molar-refractivity contribution in [3.63, 3.8) is 0 Å². The third-order valence-electron chi connectivity index (χ3n) is 4.86. The number of aromatic nitrogens is 1. The molecule has 0 saturated carbocycles. The molecule has 0 radical (unpaired) electrons. The number of benzene rings is 2. The van der Waals surface area contributed by atoms with E-state index in [0.717, 1.165) is 23.0 Å². The van der Waals surface area contributed by atoms with Gasteiger partial charge < -0.3 is 4.90 Å². The molecule has 0 aliphatic carbocycles. The van der Waals surface area contributed by atoms with E-state index in [2.05, 4.69) is 60.7 Å². The molecule has 28 heavy (non-hydrogen) atoms. The first-order valence-electron chi connectivity index (χ1n) is 9.25. The van der Waals surface area contributed by atoms with Gasteiger partial charge in [0.1, 0.15) is 11.7 Å². The van der Waals surface area contributed by atoms with Crippen LogP contribution in [0.5, 0.6) is 0 Å². The number of rotatable bonds is 4. The molecule has 4 rings (SSSR count). The van der Waals surface area contributed by atoms with Gasteiger partial charge in [-0.15, -0.1) is 0 Å². The maximum Gasteiger partial charge on any atom is 0.262 e. The zero-order valence-corrected chi connectivity index (χ0v) is 19.1. The normalized spacial score (nSPS) is 15.7. The molecule has 2 nitrogen and oxygen atoms in total. The predicted octanol–water partition coefficient (Wildman–Crippen LogP) is 7.30. The van der Waals surface area contributed by atoms with Gasteiger partial charge in [0.2, 0.25) is 5.52 Å². The first-order chi connectivity index (χ1) is 13.5. The number of thioether (sulfide) groups is 1. The Morgan fingerprint density at radius 3 is 2.61 bits per heavy atom. The van der Waals surface area contributed by atoms with Crippen molar-refractivity contribution < 1.29 is 4.57 Å². The molecule has 0 spiro atoms. The Labute approximate surface area is 184 Å². The number of anilines is 1. The lowest BCUT2D eigenvalue weighted by atomic mass is 10.2. The highest BCUT2D eigenvalue weighted by Gasteiger charge is 2.24. The number of fused-ring (bicyclic) bond motifs is 2. The molecule has 1 aromatic heterocycles. The van der Waals surface area contributed by atoms with Crippen molar-refractivity contribution in [3.05, 3.63) is 68.1 Å². The largest absolute Gasteiger partial charge is 0.335 e. The van der Waals surface area contributed by atoms with Crippen LogP contribution in [0.1, 0.15) is 25.3 Å². The summed E-state index contributed by atoms with van der Waals surface area (Å²) in [6, 6.07) is 12.2. The Morgan fingerprint density at radius 2 is 1.86 bits per heavy atom. The van der Waals surface area contributed by atoms with E-state index in [1.165, 1.54) is 36.4 Å². The summed E-state index contributed by atoms with van der Waals surface area (Å²) in [5.41, 5.74) is 3.74. The lowest BCUT2D eigenvalue weighted by Crippen LogP contribution is -2.28. The molecule has 2 aromatic carbocycles. The number of aryl methyl sites for hydroxylation is 1. The van der Waals surface area contributed by atoms with Crippen LogP contribution < -0.4 is 9.47 Å². The summed E-state index contributed by atoms with van der Waals surface area (Å²) in [4.78, 5) is 3.57. The van der Waals surface area contributed by atoms with Crippen molar-refractivity contribution in [2.75, 3.05) is 11.4 Å². The minimum Gasteiger partial charge on any atom is -0.335 e. The SMILES string of the molecule is CCC(=C/c1sc2cc(Cl)ccc2[n+]1C)/C=C1/Sc2cc(Cl)ccc2N1CC. The third-order valence-corrected chi connectivity index (χ3v) is 7.58. The molecular weight excluding hydrogens is 427 g/mol. The highest BCUT2D eigenvalue weighted by Crippen LogP contribution is 2.47. The summed E-state index contributed by atoms with van der Waals surface area (Å²) in [6.07, 6.45) is 5.56. The number of allylic oxidation sites excluding steroid dienone is 2. The number of thiazole rings is 1. The van der Waals surface area contributed by atoms with Crippen LogP contribution in [-0.4, -0.2) is 6.54 Å². The van der Waals surface area contributed by atoms with Crippen LogP contribution in [0, 0.1) is 0 Å². The van der Waals surface area contributed by atoms with Crippen molar-refractivity contribution in [1.29, 1.82) is 0 Å². The van der Waals surface area contributed by atoms with Crippen LogP contribution in [0.15, 0.2) is 58.0 Å². The molecule has 0 atom stereocenters. The van der Waals surface area contributed by atoms with Crippen LogP contribution in [-0.2, 0) is 7.05 Å². The van der Waals surface area contributed by atoms with Gasteiger partial charge in [0.05, 0.1) is 10.7 Å². The molecule has 1 aliphatic heterocycles. The number of halogens is 2. The van der Waals surface area contributed by atoms with Crippen LogP contribution in [0.4, 0.5) is 5.69 Å². The highest BCUT2D eigenvalue weighted by molar-refractivity contribution is 8.03. The maximum atomic E-state index is 6.20. The molecule has 0 bridgehead atoms. The molecule has 144 valence electrons. The van der Waals surface area contributed by atoms with Gasteiger partial charge in [0.15, 0.2) is 0 Å². The summed E-state index contributed by atoms with van der Waals surface area (Å²) in [5, 5.41) is 4.03. The molecule has 0 unspecified atom stereocenters. The average Bonchev–Trinajstić information content (AvgIpc) is 3.17. The van der Waals surface area contributed by atoms with Crippen molar-refractivity contribution in [2.45, 2.75) is 25.2 Å². The van der Waals surface area contributed by atoms with E-state index in [-0.39, 0.29) is 0 Å². The second-order valence-corrected chi connectivity index (χ2v) is 9.62. The maximum absolute atomic E-state index is 6.20. The van der Waals surface area contributed by atoms with Gasteiger partial charge in [-0.05, 0) is 55.3 Å². The van der Waals surface area contributed by atoms with Crippen molar-refractivity contribution in [2.24, 2.45) is 7.05 Å². The van der Waals surface area contributed by atoms with E-state index >= 15 is 0 Å². The Hall–Kier alpha value is -1.46. The van der Waals surface area contributed by atoms with E-state index in [9.17, 15) is 0 Å². The number of hydrogen-bond donors (Lipinski definition) is 0. The molecule has 2 heterocycles. The minimum absolute atomic E-state index is 0.778. The van der Waals surface area contributed by atoms with E-state index in [0.29, 0.717) is 0 Å². The Balaban J connectivity index is 1.72. The Bertz CT molecular complexity index is 1120. The van der Waals surface area contributed by atoms with E-state index in [1.807, 2.05) is 18.2 Å². The molecule has 0 saturated heterocycles. The zero-order chi connectivity index (χ0) is 19.8. The van der Waals surface area contributed by atoms with Gasteiger partial charge in [-0.2, -0.15) is 4.57 Å². The summed E-state index contributed by atoms with van der Waals surface area (Å²) in [5.74, 6) is 0. The number of nitrogens with zero attached hydrogens (tertiary/aromatic N) is 2. The van der Waals surface area contributed by atoms with Crippen LogP contribution in [0.2, 0.25) is 10.0 Å². The highest BCUT2D eigenvalue weighted by atomic mass is 35.5. The summed E-state index contributed by atoms with van der Waals surface area (Å²) < 4.78 is 3.44.